The first kappa shape index (κ1) is 24.4. The van der Waals surface area contributed by atoms with Crippen LogP contribution in [0.25, 0.3) is 22.1 Å². The molecule has 5 rings (SSSR count). The molecule has 2 saturated heterocycles. The lowest BCUT2D eigenvalue weighted by atomic mass is 9.99. The number of nitrogens with zero attached hydrogens (tertiary/aromatic N) is 3. The summed E-state index contributed by atoms with van der Waals surface area (Å²) in [5, 5.41) is 3.79. The van der Waals surface area contributed by atoms with E-state index in [4.69, 9.17) is 4.52 Å². The van der Waals surface area contributed by atoms with Crippen LogP contribution >= 0.6 is 0 Å². The van der Waals surface area contributed by atoms with Gasteiger partial charge in [-0.15, -0.1) is 0 Å². The Hall–Kier alpha value is -3.33. The third kappa shape index (κ3) is 3.77. The molecular formula is C21H18F6N4O4S. The number of urea groups is 1. The van der Waals surface area contributed by atoms with Gasteiger partial charge in [0.2, 0.25) is 16.0 Å². The Morgan fingerprint density at radius 2 is 1.89 bits per heavy atom. The molecule has 3 heterocycles. The summed E-state index contributed by atoms with van der Waals surface area (Å²) in [5.74, 6) is -7.50. The number of fused-ring (bicyclic) bond motifs is 2. The van der Waals surface area contributed by atoms with Gasteiger partial charge in [0.05, 0.1) is 10.9 Å². The third-order valence-corrected chi connectivity index (χ3v) is 7.18. The number of carbonyl (C=O) groups is 1. The highest BCUT2D eigenvalue weighted by atomic mass is 32.2. The lowest BCUT2D eigenvalue weighted by Gasteiger charge is -2.37. The number of nitrogens with one attached hydrogen (secondary N) is 1. The number of rotatable bonds is 5. The highest BCUT2D eigenvalue weighted by molar-refractivity contribution is 7.89. The second-order valence-electron chi connectivity index (χ2n) is 8.39. The van der Waals surface area contributed by atoms with Crippen molar-refractivity contribution in [3.05, 3.63) is 47.8 Å². The van der Waals surface area contributed by atoms with Gasteiger partial charge in [0.25, 0.3) is 5.92 Å². The summed E-state index contributed by atoms with van der Waals surface area (Å²) in [6, 6.07) is -1.59. The van der Waals surface area contributed by atoms with Gasteiger partial charge in [0.1, 0.15) is 29.5 Å². The lowest BCUT2D eigenvalue weighted by Crippen LogP contribution is -2.56. The van der Waals surface area contributed by atoms with Crippen molar-refractivity contribution in [2.75, 3.05) is 24.0 Å². The number of hydrogen-bond donors (Lipinski definition) is 1. The van der Waals surface area contributed by atoms with Crippen LogP contribution in [-0.2, 0) is 10.0 Å². The fourth-order valence-corrected chi connectivity index (χ4v) is 5.40. The van der Waals surface area contributed by atoms with Gasteiger partial charge < -0.3 is 9.42 Å². The largest absolute Gasteiger partial charge is 0.354 e. The van der Waals surface area contributed by atoms with Crippen LogP contribution in [0.1, 0.15) is 7.85 Å². The zero-order valence-electron chi connectivity index (χ0n) is 18.0. The minimum Gasteiger partial charge on any atom is -0.354 e. The first-order valence-electron chi connectivity index (χ1n) is 10.5. The highest BCUT2D eigenvalue weighted by Crippen LogP contribution is 2.43. The third-order valence-electron chi connectivity index (χ3n) is 6.24. The Kier molecular flexibility index (Phi) is 5.66. The summed E-state index contributed by atoms with van der Waals surface area (Å²) >= 11 is 0. The van der Waals surface area contributed by atoms with Crippen molar-refractivity contribution in [1.82, 2.24) is 14.8 Å². The van der Waals surface area contributed by atoms with E-state index >= 15 is 0 Å². The molecule has 2 aliphatic rings. The average molecular weight is 536 g/mol. The van der Waals surface area contributed by atoms with E-state index in [9.17, 15) is 39.6 Å². The fourth-order valence-electron chi connectivity index (χ4n) is 4.68. The van der Waals surface area contributed by atoms with Gasteiger partial charge in [-0.1, -0.05) is 17.3 Å². The molecule has 8 nitrogen and oxygen atoms in total. The van der Waals surface area contributed by atoms with Gasteiger partial charge in [-0.05, 0) is 12.5 Å². The quantitative estimate of drug-likeness (QED) is 0.497. The average Bonchev–Trinajstić information content (AvgIpc) is 3.33. The number of aromatic nitrogens is 1. The van der Waals surface area contributed by atoms with Crippen molar-refractivity contribution in [3.8, 4) is 11.1 Å². The molecule has 2 fully saturated rings. The summed E-state index contributed by atoms with van der Waals surface area (Å²) in [6.07, 6.45) is -0.331. The molecule has 2 atom stereocenters. The molecular weight excluding hydrogens is 518 g/mol. The molecule has 0 bridgehead atoms. The van der Waals surface area contributed by atoms with E-state index in [2.05, 4.69) is 5.16 Å². The Labute approximate surface area is 201 Å². The second kappa shape index (κ2) is 8.37. The summed E-state index contributed by atoms with van der Waals surface area (Å²) in [6.45, 7) is -1.07. The Balaban J connectivity index is 0.00000320. The summed E-state index contributed by atoms with van der Waals surface area (Å²) in [5.41, 5.74) is -0.711. The Morgan fingerprint density at radius 3 is 2.56 bits per heavy atom. The van der Waals surface area contributed by atoms with Gasteiger partial charge in [-0.3, -0.25) is 4.90 Å². The number of alkyl halides is 3. The summed E-state index contributed by atoms with van der Waals surface area (Å²) in [7, 11) is -4.64. The van der Waals surface area contributed by atoms with Crippen LogP contribution in [0.5, 0.6) is 0 Å². The number of anilines is 1. The van der Waals surface area contributed by atoms with Crippen LogP contribution in [0, 0.1) is 17.5 Å². The Bertz CT molecular complexity index is 1460. The maximum absolute atomic E-state index is 14.9. The summed E-state index contributed by atoms with van der Waals surface area (Å²) < 4.78 is 115. The SMILES string of the molecule is O=C1N(c2noc3cccc(-c4c(F)cc(F)cc4F)c23)CC[C@H]2N1C[C@@H](NS(=O)(=O)CF)C2(F)F.[HH]. The van der Waals surface area contributed by atoms with Crippen LogP contribution in [0.3, 0.4) is 0 Å². The van der Waals surface area contributed by atoms with Crippen LogP contribution in [0.4, 0.5) is 37.0 Å². The van der Waals surface area contributed by atoms with Crippen molar-refractivity contribution in [2.45, 2.75) is 24.4 Å². The number of amides is 2. The van der Waals surface area contributed by atoms with Crippen LogP contribution in [-0.4, -0.2) is 61.6 Å². The molecule has 0 saturated carbocycles. The van der Waals surface area contributed by atoms with Gasteiger partial charge >= 0.3 is 6.03 Å². The van der Waals surface area contributed by atoms with E-state index in [1.54, 1.807) is 4.72 Å². The van der Waals surface area contributed by atoms with Gasteiger partial charge in [-0.25, -0.2) is 44.3 Å². The van der Waals surface area contributed by atoms with Crippen LogP contribution < -0.4 is 9.62 Å². The molecule has 1 aromatic heterocycles. The van der Waals surface area contributed by atoms with Crippen molar-refractivity contribution in [3.63, 3.8) is 0 Å². The van der Waals surface area contributed by atoms with Gasteiger partial charge in [-0.2, -0.15) is 0 Å². The molecule has 2 amide bonds. The zero-order valence-corrected chi connectivity index (χ0v) is 18.8. The van der Waals surface area contributed by atoms with E-state index in [1.165, 1.54) is 18.2 Å². The summed E-state index contributed by atoms with van der Waals surface area (Å²) in [4.78, 5) is 14.9. The van der Waals surface area contributed by atoms with Gasteiger partial charge in [0, 0.05) is 32.2 Å². The molecule has 0 spiro atoms. The van der Waals surface area contributed by atoms with E-state index in [0.717, 1.165) is 9.80 Å². The topological polar surface area (TPSA) is 95.8 Å². The smallest absolute Gasteiger partial charge is 0.326 e. The minimum atomic E-state index is -4.64. The number of halogens is 6. The fraction of sp³-hybridized carbons (Fsp3) is 0.333. The molecule has 194 valence electrons. The standard InChI is InChI=1S/C21H16F6N4O4S.H2/c22-9-36(33,34)29-15-8-31-16(21(15,26)27)4-5-30(20(31)32)19-18-11(2-1-3-14(18)35-28-19)17-12(24)6-10(23)7-13(17)25;/h1-3,6-7,15-16,29H,4-5,8-9H2;1H/t15-,16-;/m1./s1. The van der Waals surface area contributed by atoms with Crippen molar-refractivity contribution < 1.29 is 45.5 Å². The number of benzene rings is 2. The predicted molar refractivity (Wildman–Crippen MR) is 116 cm³/mol. The van der Waals surface area contributed by atoms with Crippen molar-refractivity contribution in [2.24, 2.45) is 0 Å². The Morgan fingerprint density at radius 1 is 1.19 bits per heavy atom. The first-order valence-corrected chi connectivity index (χ1v) is 12.1. The lowest BCUT2D eigenvalue weighted by molar-refractivity contribution is -0.0449. The number of carbonyl (C=O) groups excluding carboxylic acids is 1. The first-order chi connectivity index (χ1) is 16.9. The normalized spacial score (nSPS) is 21.9. The maximum Gasteiger partial charge on any atom is 0.326 e. The van der Waals surface area contributed by atoms with Crippen LogP contribution in [0.15, 0.2) is 34.9 Å². The van der Waals surface area contributed by atoms with E-state index < -0.39 is 69.6 Å². The number of sulfonamides is 1. The van der Waals surface area contributed by atoms with E-state index in [1.807, 2.05) is 0 Å². The van der Waals surface area contributed by atoms with E-state index in [-0.39, 0.29) is 36.7 Å². The highest BCUT2D eigenvalue weighted by Gasteiger charge is 2.61. The molecule has 0 radical (unpaired) electrons. The molecule has 0 unspecified atom stereocenters. The zero-order chi connectivity index (χ0) is 26.0. The van der Waals surface area contributed by atoms with Crippen molar-refractivity contribution in [1.29, 1.82) is 0 Å². The predicted octanol–water partition coefficient (Wildman–Crippen LogP) is 4.02. The minimum absolute atomic E-state index is 0. The monoisotopic (exact) mass is 536 g/mol. The molecule has 1 N–H and O–H groups in total. The molecule has 15 heteroatoms. The van der Waals surface area contributed by atoms with Gasteiger partial charge in [0.15, 0.2) is 11.4 Å². The molecule has 2 aliphatic heterocycles. The van der Waals surface area contributed by atoms with E-state index in [0.29, 0.717) is 12.1 Å². The maximum atomic E-state index is 14.9. The molecule has 3 aromatic rings. The molecule has 36 heavy (non-hydrogen) atoms. The molecule has 0 aliphatic carbocycles. The van der Waals surface area contributed by atoms with Crippen LogP contribution in [0.2, 0.25) is 0 Å². The second-order valence-corrected chi connectivity index (χ2v) is 10.1. The molecule has 2 aromatic carbocycles. The van der Waals surface area contributed by atoms with Crippen molar-refractivity contribution >= 4 is 32.8 Å². The number of hydrogen-bond acceptors (Lipinski definition) is 5.